The summed E-state index contributed by atoms with van der Waals surface area (Å²) in [6.07, 6.45) is 1.22. The van der Waals surface area contributed by atoms with E-state index in [1.807, 2.05) is 13.8 Å². The first kappa shape index (κ1) is 15.9. The van der Waals surface area contributed by atoms with Gasteiger partial charge in [-0.2, -0.15) is 12.7 Å². The molecule has 0 amide bonds. The van der Waals surface area contributed by atoms with Crippen molar-refractivity contribution in [3.63, 3.8) is 0 Å². The van der Waals surface area contributed by atoms with E-state index in [4.69, 9.17) is 5.11 Å². The van der Waals surface area contributed by atoms with Crippen molar-refractivity contribution in [1.82, 2.24) is 4.31 Å². The van der Waals surface area contributed by atoms with Crippen LogP contribution in [0.5, 0.6) is 0 Å². The average Bonchev–Trinajstić information content (AvgIpc) is 2.76. The molecular formula is C14H19NO5S. The Bertz CT molecular complexity index is 653. The van der Waals surface area contributed by atoms with Crippen molar-refractivity contribution in [2.24, 2.45) is 5.92 Å². The molecule has 0 fully saturated rings. The number of hydrogen-bond acceptors (Lipinski definition) is 3. The zero-order valence-electron chi connectivity index (χ0n) is 12.0. The molecule has 21 heavy (non-hydrogen) atoms. The maximum Gasteiger partial charge on any atom is 0.336 e. The van der Waals surface area contributed by atoms with Crippen LogP contribution in [0.3, 0.4) is 0 Å². The number of aromatic carboxylic acids is 1. The number of nitrogens with zero attached hydrogens (tertiary/aromatic N) is 1. The molecule has 6 nitrogen and oxygen atoms in total. The summed E-state index contributed by atoms with van der Waals surface area (Å²) in [5, 5.41) is 9.07. The highest BCUT2D eigenvalue weighted by Crippen LogP contribution is 2.37. The highest BCUT2D eigenvalue weighted by Gasteiger charge is 2.35. The molecule has 1 aromatic carbocycles. The number of hydrogen-bond donors (Lipinski definition) is 2. The molecule has 0 unspecified atom stereocenters. The summed E-state index contributed by atoms with van der Waals surface area (Å²) in [5.41, 5.74) is 1.73. The number of carboxylic acid groups (broad SMARTS) is 1. The van der Waals surface area contributed by atoms with Crippen LogP contribution in [-0.2, 0) is 16.7 Å². The Balaban J connectivity index is 2.43. The highest BCUT2D eigenvalue weighted by molar-refractivity contribution is 7.83. The molecule has 1 aliphatic rings. The molecule has 0 saturated heterocycles. The van der Waals surface area contributed by atoms with E-state index >= 15 is 0 Å². The van der Waals surface area contributed by atoms with E-state index in [1.54, 1.807) is 6.07 Å². The van der Waals surface area contributed by atoms with E-state index in [2.05, 4.69) is 0 Å². The van der Waals surface area contributed by atoms with Gasteiger partial charge in [-0.15, -0.1) is 0 Å². The predicted octanol–water partition coefficient (Wildman–Crippen LogP) is 2.13. The fraction of sp³-hybridized carbons (Fsp3) is 0.500. The third-order valence-electron chi connectivity index (χ3n) is 3.63. The number of benzene rings is 1. The van der Waals surface area contributed by atoms with Crippen molar-refractivity contribution in [3.05, 3.63) is 34.9 Å². The molecule has 0 spiro atoms. The van der Waals surface area contributed by atoms with Crippen LogP contribution in [0.4, 0.5) is 0 Å². The molecule has 0 aliphatic heterocycles. The smallest absolute Gasteiger partial charge is 0.336 e. The molecule has 1 aliphatic carbocycles. The van der Waals surface area contributed by atoms with Gasteiger partial charge >= 0.3 is 16.3 Å². The van der Waals surface area contributed by atoms with Crippen molar-refractivity contribution in [3.8, 4) is 0 Å². The molecule has 7 heteroatoms. The van der Waals surface area contributed by atoms with E-state index in [-0.39, 0.29) is 18.0 Å². The van der Waals surface area contributed by atoms with Crippen LogP contribution >= 0.6 is 0 Å². The Morgan fingerprint density at radius 3 is 2.62 bits per heavy atom. The molecule has 0 saturated carbocycles. The maximum atomic E-state index is 11.6. The summed E-state index contributed by atoms with van der Waals surface area (Å²) in [7, 11) is -4.33. The molecule has 2 rings (SSSR count). The number of aryl methyl sites for hydroxylation is 1. The van der Waals surface area contributed by atoms with E-state index in [1.165, 1.54) is 12.1 Å². The second kappa shape index (κ2) is 5.75. The van der Waals surface area contributed by atoms with Crippen LogP contribution in [-0.4, -0.2) is 34.9 Å². The molecule has 0 radical (unpaired) electrons. The van der Waals surface area contributed by atoms with Gasteiger partial charge in [-0.05, 0) is 42.0 Å². The van der Waals surface area contributed by atoms with Gasteiger partial charge in [0.15, 0.2) is 0 Å². The molecule has 0 aromatic heterocycles. The molecule has 0 bridgehead atoms. The number of rotatable bonds is 5. The van der Waals surface area contributed by atoms with Crippen LogP contribution in [0.25, 0.3) is 0 Å². The normalized spacial score (nSPS) is 18.2. The highest BCUT2D eigenvalue weighted by atomic mass is 32.2. The first-order valence-electron chi connectivity index (χ1n) is 6.80. The lowest BCUT2D eigenvalue weighted by Gasteiger charge is -2.27. The summed E-state index contributed by atoms with van der Waals surface area (Å²) in [5.74, 6) is -0.996. The minimum Gasteiger partial charge on any atom is -0.478 e. The maximum absolute atomic E-state index is 11.6. The molecular weight excluding hydrogens is 294 g/mol. The van der Waals surface area contributed by atoms with E-state index in [0.717, 1.165) is 9.87 Å². The molecule has 1 atom stereocenters. The predicted molar refractivity (Wildman–Crippen MR) is 77.6 cm³/mol. The molecule has 116 valence electrons. The number of fused-ring (bicyclic) bond motifs is 1. The topological polar surface area (TPSA) is 94.9 Å². The van der Waals surface area contributed by atoms with E-state index in [0.29, 0.717) is 18.4 Å². The van der Waals surface area contributed by atoms with Gasteiger partial charge in [-0.3, -0.25) is 4.55 Å². The Morgan fingerprint density at radius 2 is 2.10 bits per heavy atom. The first-order chi connectivity index (χ1) is 9.70. The van der Waals surface area contributed by atoms with Crippen LogP contribution in [0.1, 0.15) is 47.8 Å². The van der Waals surface area contributed by atoms with Crippen molar-refractivity contribution < 1.29 is 22.9 Å². The van der Waals surface area contributed by atoms with Crippen LogP contribution in [0.2, 0.25) is 0 Å². The largest absolute Gasteiger partial charge is 0.478 e. The quantitative estimate of drug-likeness (QED) is 0.812. The first-order valence-corrected chi connectivity index (χ1v) is 8.20. The lowest BCUT2D eigenvalue weighted by molar-refractivity contribution is 0.0696. The van der Waals surface area contributed by atoms with Gasteiger partial charge in [0.05, 0.1) is 11.6 Å². The second-order valence-electron chi connectivity index (χ2n) is 5.71. The number of carbonyl (C=O) groups is 1. The number of carboxylic acids is 1. The van der Waals surface area contributed by atoms with Crippen LogP contribution < -0.4 is 0 Å². The van der Waals surface area contributed by atoms with Gasteiger partial charge in [0.1, 0.15) is 0 Å². The average molecular weight is 313 g/mol. The molecule has 1 aromatic rings. The molecule has 0 heterocycles. The van der Waals surface area contributed by atoms with E-state index < -0.39 is 22.3 Å². The summed E-state index contributed by atoms with van der Waals surface area (Å²) in [6, 6.07) is 4.24. The van der Waals surface area contributed by atoms with Gasteiger partial charge in [-0.25, -0.2) is 4.79 Å². The van der Waals surface area contributed by atoms with E-state index in [9.17, 15) is 17.8 Å². The van der Waals surface area contributed by atoms with Gasteiger partial charge in [0.25, 0.3) is 0 Å². The minimum absolute atomic E-state index is 0.0543. The van der Waals surface area contributed by atoms with Gasteiger partial charge in [0.2, 0.25) is 0 Å². The minimum atomic E-state index is -4.33. The van der Waals surface area contributed by atoms with Crippen molar-refractivity contribution in [2.75, 3.05) is 6.54 Å². The lowest BCUT2D eigenvalue weighted by Crippen LogP contribution is -2.36. The molecule has 2 N–H and O–H groups in total. The SMILES string of the molecule is CC(C)CN([C@@H]1CCc2ccc(C(=O)O)cc21)S(=O)(=O)O. The third-order valence-corrected chi connectivity index (χ3v) is 4.62. The second-order valence-corrected chi connectivity index (χ2v) is 7.08. The Labute approximate surface area is 124 Å². The standard InChI is InChI=1S/C14H19NO5S/c1-9(2)8-15(21(18,19)20)13-6-5-10-3-4-11(14(16)17)7-12(10)13/h3-4,7,9,13H,5-6,8H2,1-2H3,(H,16,17)(H,18,19,20)/t13-/m1/s1. The Hall–Kier alpha value is -1.44. The summed E-state index contributed by atoms with van der Waals surface area (Å²) in [6.45, 7) is 3.92. The summed E-state index contributed by atoms with van der Waals surface area (Å²) >= 11 is 0. The fourth-order valence-electron chi connectivity index (χ4n) is 2.75. The Morgan fingerprint density at radius 1 is 1.43 bits per heavy atom. The zero-order valence-corrected chi connectivity index (χ0v) is 12.8. The van der Waals surface area contributed by atoms with Gasteiger partial charge in [-0.1, -0.05) is 19.9 Å². The third kappa shape index (κ3) is 3.42. The Kier molecular flexibility index (Phi) is 4.36. The summed E-state index contributed by atoms with van der Waals surface area (Å²) in [4.78, 5) is 11.1. The zero-order chi connectivity index (χ0) is 15.8. The monoisotopic (exact) mass is 313 g/mol. The van der Waals surface area contributed by atoms with Crippen molar-refractivity contribution >= 4 is 16.3 Å². The van der Waals surface area contributed by atoms with Gasteiger partial charge in [0, 0.05) is 6.54 Å². The van der Waals surface area contributed by atoms with Gasteiger partial charge < -0.3 is 5.11 Å². The van der Waals surface area contributed by atoms with Crippen LogP contribution in [0.15, 0.2) is 18.2 Å². The van der Waals surface area contributed by atoms with Crippen molar-refractivity contribution in [1.29, 1.82) is 0 Å². The fourth-order valence-corrected chi connectivity index (χ4v) is 3.78. The van der Waals surface area contributed by atoms with Crippen molar-refractivity contribution in [2.45, 2.75) is 32.7 Å². The summed E-state index contributed by atoms with van der Waals surface area (Å²) < 4.78 is 33.8. The van der Waals surface area contributed by atoms with Crippen LogP contribution in [0, 0.1) is 5.92 Å². The lowest BCUT2D eigenvalue weighted by atomic mass is 10.0.